The van der Waals surface area contributed by atoms with E-state index in [0.717, 1.165) is 42.2 Å². The van der Waals surface area contributed by atoms with Crippen LogP contribution >= 0.6 is 0 Å². The van der Waals surface area contributed by atoms with Gasteiger partial charge in [-0.1, -0.05) is 14.9 Å². The van der Waals surface area contributed by atoms with Gasteiger partial charge in [0, 0.05) is 14.0 Å². The van der Waals surface area contributed by atoms with E-state index < -0.39 is 0 Å². The van der Waals surface area contributed by atoms with E-state index in [9.17, 15) is 4.79 Å². The number of carbonyl (C=O) groups excluding carboxylic acids is 1. The van der Waals surface area contributed by atoms with E-state index in [0.29, 0.717) is 11.9 Å². The van der Waals surface area contributed by atoms with Crippen LogP contribution in [0.25, 0.3) is 0 Å². The quantitative estimate of drug-likeness (QED) is 0.0802. The first-order valence-electron chi connectivity index (χ1n) is 17.2. The van der Waals surface area contributed by atoms with Crippen LogP contribution in [0.4, 0.5) is 22.7 Å². The van der Waals surface area contributed by atoms with Crippen molar-refractivity contribution in [3.05, 3.63) is 118 Å². The first-order chi connectivity index (χ1) is 26.1. The normalized spacial score (nSPS) is 10.0. The van der Waals surface area contributed by atoms with E-state index in [1.165, 1.54) is 74.9 Å². The zero-order valence-corrected chi connectivity index (χ0v) is 39.6. The van der Waals surface area contributed by atoms with Gasteiger partial charge in [0.1, 0.15) is 0 Å². The number of nitrogens with zero attached hydrogens (tertiary/aromatic N) is 6. The van der Waals surface area contributed by atoms with Crippen molar-refractivity contribution in [2.45, 2.75) is 63.3 Å². The standard InChI is InChI=1S/2C19H21N4.C3H7NO.CH5N.2CH4.2W/c2*1-14-11-16(3)18(12-15(14)2)22-19(20-4)21-13-23(5)17-9-7-6-8-10-17;1-3(5)4-2;1-2;;;;/h2*4,6-12H,1-3,5H3,(H,21,22);1-2H3,(H,4,5);2H2,1H3;2*1H4;;/q2*-1;;;;;;. The molecule has 0 radical (unpaired) electrons. The molecule has 0 bridgehead atoms. The molecular weight excluding hydrogens is 1050 g/mol. The van der Waals surface area contributed by atoms with Crippen LogP contribution in [0.3, 0.4) is 0 Å². The number of amides is 1. The Morgan fingerprint density at radius 3 is 1.14 bits per heavy atom. The Morgan fingerprint density at radius 2 is 0.877 bits per heavy atom. The van der Waals surface area contributed by atoms with Crippen molar-refractivity contribution in [2.24, 2.45) is 25.7 Å². The molecule has 5 N–H and O–H groups in total. The number of para-hydroxylation sites is 2. The molecule has 0 saturated carbocycles. The third-order valence-corrected chi connectivity index (χ3v) is 10.7. The molecule has 57 heavy (non-hydrogen) atoms. The van der Waals surface area contributed by atoms with Gasteiger partial charge in [-0.25, -0.2) is 0 Å². The Labute approximate surface area is 364 Å². The first kappa shape index (κ1) is 54.4. The molecule has 1 amide bonds. The summed E-state index contributed by atoms with van der Waals surface area (Å²) >= 11 is 2.47. The number of aryl methyl sites for hydroxylation is 6. The SMILES string of the molecule is C.C.CN.CNC(C)=O.[CH-]=NC(=N[C](=[W])N(C)c1ccccc1)Nc1cc(C)c(C)cc1C.[CH-]=NC(=N[C](=[W])N(C)c1ccccc1)Nc1cc(C)c(C)cc1C. The average molecular weight is 1110 g/mol. The molecule has 0 spiro atoms. The Hall–Kier alpha value is -4.69. The summed E-state index contributed by atoms with van der Waals surface area (Å²) < 4.78 is 1.75. The molecular formula is C44H62N10OW2-2. The van der Waals surface area contributed by atoms with Crippen LogP contribution < -0.4 is 31.5 Å². The molecule has 4 aromatic carbocycles. The number of anilines is 4. The topological polar surface area (TPSA) is 135 Å². The third-order valence-electron chi connectivity index (χ3n) is 8.03. The van der Waals surface area contributed by atoms with Crippen molar-refractivity contribution in [3.63, 3.8) is 0 Å². The van der Waals surface area contributed by atoms with E-state index in [-0.39, 0.29) is 20.8 Å². The van der Waals surface area contributed by atoms with Gasteiger partial charge in [-0.2, -0.15) is 0 Å². The fourth-order valence-corrected chi connectivity index (χ4v) is 5.84. The Balaban J connectivity index is 0. The van der Waals surface area contributed by atoms with E-state index in [1.807, 2.05) is 84.6 Å². The van der Waals surface area contributed by atoms with Crippen molar-refractivity contribution in [2.75, 3.05) is 48.6 Å². The molecule has 0 unspecified atom stereocenters. The second kappa shape index (κ2) is 28.7. The minimum absolute atomic E-state index is 0. The molecule has 0 saturated heterocycles. The van der Waals surface area contributed by atoms with Crippen molar-refractivity contribution >= 4 is 62.3 Å². The summed E-state index contributed by atoms with van der Waals surface area (Å²) in [7, 11) is 7.06. The molecule has 0 atom stereocenters. The van der Waals surface area contributed by atoms with E-state index in [1.54, 1.807) is 7.05 Å². The summed E-state index contributed by atoms with van der Waals surface area (Å²) in [5.74, 6) is 0.799. The summed E-state index contributed by atoms with van der Waals surface area (Å²) in [5, 5.41) is 8.84. The second-order valence-electron chi connectivity index (χ2n) is 12.0. The van der Waals surface area contributed by atoms with Crippen LogP contribution in [0.15, 0.2) is 105 Å². The summed E-state index contributed by atoms with van der Waals surface area (Å²) in [6, 6.07) is 28.6. The number of hydrogen-bond donors (Lipinski definition) is 4. The molecule has 4 rings (SSSR count). The zero-order valence-electron chi connectivity index (χ0n) is 33.7. The summed E-state index contributed by atoms with van der Waals surface area (Å²) in [6.45, 7) is 25.0. The number of nitrogens with two attached hydrogens (primary N) is 1. The van der Waals surface area contributed by atoms with E-state index in [4.69, 9.17) is 13.4 Å². The molecule has 13 heteroatoms. The number of aliphatic imine (C=N–C) groups is 4. The number of rotatable bonds is 8. The molecule has 0 heterocycles. The molecule has 0 aromatic heterocycles. The molecule has 0 aliphatic heterocycles. The van der Waals surface area contributed by atoms with Crippen LogP contribution in [0.5, 0.6) is 0 Å². The summed E-state index contributed by atoms with van der Waals surface area (Å²) in [5.41, 5.74) is 15.8. The van der Waals surface area contributed by atoms with Gasteiger partial charge in [0.05, 0.1) is 0 Å². The molecule has 0 aliphatic rings. The van der Waals surface area contributed by atoms with Crippen LogP contribution in [0, 0.1) is 41.5 Å². The number of guanidine groups is 2. The third kappa shape index (κ3) is 18.9. The van der Waals surface area contributed by atoms with Gasteiger partial charge in [-0.05, 0) is 7.05 Å². The Bertz CT molecular complexity index is 1830. The second-order valence-corrected chi connectivity index (χ2v) is 14.7. The summed E-state index contributed by atoms with van der Waals surface area (Å²) in [6.07, 6.45) is 0. The van der Waals surface area contributed by atoms with Gasteiger partial charge < -0.3 is 11.1 Å². The molecule has 308 valence electrons. The maximum atomic E-state index is 9.70. The molecule has 0 aliphatic carbocycles. The first-order valence-corrected chi connectivity index (χ1v) is 20.2. The van der Waals surface area contributed by atoms with E-state index >= 15 is 0 Å². The molecule has 4 aromatic rings. The van der Waals surface area contributed by atoms with E-state index in [2.05, 4.69) is 107 Å². The summed E-state index contributed by atoms with van der Waals surface area (Å²) in [4.78, 5) is 30.4. The van der Waals surface area contributed by atoms with Crippen LogP contribution in [0.1, 0.15) is 55.2 Å². The van der Waals surface area contributed by atoms with Crippen molar-refractivity contribution in [1.82, 2.24) is 5.32 Å². The van der Waals surface area contributed by atoms with Crippen molar-refractivity contribution in [1.29, 1.82) is 0 Å². The Kier molecular flexibility index (Phi) is 27.4. The van der Waals surface area contributed by atoms with Gasteiger partial charge in [0.2, 0.25) is 5.91 Å². The fraction of sp³-hybridized carbons (Fsp3) is 0.295. The number of carbonyl (C=O) groups is 1. The van der Waals surface area contributed by atoms with Crippen molar-refractivity contribution < 1.29 is 43.5 Å². The van der Waals surface area contributed by atoms with Gasteiger partial charge in [-0.3, -0.25) is 4.79 Å². The van der Waals surface area contributed by atoms with Gasteiger partial charge in [0.15, 0.2) is 0 Å². The monoisotopic (exact) mass is 1110 g/mol. The maximum absolute atomic E-state index is 9.70. The number of nitrogens with one attached hydrogen (secondary N) is 3. The predicted octanol–water partition coefficient (Wildman–Crippen LogP) is 8.06. The number of hydrogen-bond acceptors (Lipinski definition) is 6. The van der Waals surface area contributed by atoms with Gasteiger partial charge in [0.25, 0.3) is 0 Å². The molecule has 0 fully saturated rings. The average Bonchev–Trinajstić information content (AvgIpc) is 3.19. The fourth-order valence-electron chi connectivity index (χ4n) is 4.46. The van der Waals surface area contributed by atoms with Crippen LogP contribution in [-0.4, -0.2) is 67.7 Å². The molecule has 11 nitrogen and oxygen atoms in total. The van der Waals surface area contributed by atoms with Crippen LogP contribution in [-0.2, 0) is 43.5 Å². The predicted molar refractivity (Wildman–Crippen MR) is 243 cm³/mol. The number of benzene rings is 4. The van der Waals surface area contributed by atoms with Gasteiger partial charge in [-0.15, -0.1) is 0 Å². The van der Waals surface area contributed by atoms with Crippen LogP contribution in [0.2, 0.25) is 0 Å². The Morgan fingerprint density at radius 1 is 0.596 bits per heavy atom. The van der Waals surface area contributed by atoms with Crippen molar-refractivity contribution in [3.8, 4) is 0 Å². The minimum atomic E-state index is 0. The van der Waals surface area contributed by atoms with Gasteiger partial charge >= 0.3 is 309 Å². The zero-order chi connectivity index (χ0) is 41.7.